The molecule has 0 bridgehead atoms. The van der Waals surface area contributed by atoms with Crippen LogP contribution in [0.3, 0.4) is 0 Å². The zero-order chi connectivity index (χ0) is 12.4. The van der Waals surface area contributed by atoms with E-state index in [1.165, 1.54) is 0 Å². The average molecular weight is 271 g/mol. The van der Waals surface area contributed by atoms with Gasteiger partial charge in [0.25, 0.3) is 0 Å². The fraction of sp³-hybridized carbons (Fsp3) is 0.250. The first-order valence-electron chi connectivity index (χ1n) is 5.17. The van der Waals surface area contributed by atoms with Gasteiger partial charge in [0, 0.05) is 25.9 Å². The molecule has 0 amide bonds. The van der Waals surface area contributed by atoms with Crippen LogP contribution in [-0.2, 0) is 13.5 Å². The standard InChI is InChI=1S/C12H12Cl2N2O/c1-16-5-4-15-12(16)7-11(17)8-2-3-9(13)10(14)6-8/h2-6,11,17H,7H2,1H3. The third-order valence-electron chi connectivity index (χ3n) is 2.63. The molecule has 0 aliphatic heterocycles. The van der Waals surface area contributed by atoms with Gasteiger partial charge in [-0.2, -0.15) is 0 Å². The average Bonchev–Trinajstić information content (AvgIpc) is 2.68. The predicted molar refractivity (Wildman–Crippen MR) is 68.3 cm³/mol. The fourth-order valence-corrected chi connectivity index (χ4v) is 1.91. The SMILES string of the molecule is Cn1ccnc1CC(O)c1ccc(Cl)c(Cl)c1. The van der Waals surface area contributed by atoms with E-state index in [9.17, 15) is 5.11 Å². The van der Waals surface area contributed by atoms with Crippen LogP contribution in [0.5, 0.6) is 0 Å². The van der Waals surface area contributed by atoms with E-state index in [4.69, 9.17) is 23.2 Å². The number of aryl methyl sites for hydroxylation is 1. The van der Waals surface area contributed by atoms with Gasteiger partial charge in [0.05, 0.1) is 16.1 Å². The Bertz CT molecular complexity index is 525. The number of aliphatic hydroxyl groups is 1. The highest BCUT2D eigenvalue weighted by Crippen LogP contribution is 2.26. The maximum absolute atomic E-state index is 10.1. The molecular weight excluding hydrogens is 259 g/mol. The van der Waals surface area contributed by atoms with Gasteiger partial charge in [-0.3, -0.25) is 0 Å². The molecule has 1 N–H and O–H groups in total. The van der Waals surface area contributed by atoms with Crippen LogP contribution in [0.15, 0.2) is 30.6 Å². The molecule has 0 fully saturated rings. The van der Waals surface area contributed by atoms with E-state index >= 15 is 0 Å². The lowest BCUT2D eigenvalue weighted by atomic mass is 10.1. The van der Waals surface area contributed by atoms with Crippen LogP contribution in [0.2, 0.25) is 10.0 Å². The number of rotatable bonds is 3. The molecule has 1 atom stereocenters. The number of hydrogen-bond acceptors (Lipinski definition) is 2. The molecule has 0 aliphatic carbocycles. The normalized spacial score (nSPS) is 12.7. The van der Waals surface area contributed by atoms with Gasteiger partial charge in [-0.15, -0.1) is 0 Å². The summed E-state index contributed by atoms with van der Waals surface area (Å²) in [4.78, 5) is 4.17. The van der Waals surface area contributed by atoms with Gasteiger partial charge in [-0.1, -0.05) is 29.3 Å². The lowest BCUT2D eigenvalue weighted by Gasteiger charge is -2.11. The number of nitrogens with zero attached hydrogens (tertiary/aromatic N) is 2. The molecule has 1 aromatic heterocycles. The first-order chi connectivity index (χ1) is 8.08. The van der Waals surface area contributed by atoms with E-state index in [0.717, 1.165) is 11.4 Å². The van der Waals surface area contributed by atoms with Crippen LogP contribution >= 0.6 is 23.2 Å². The molecule has 0 saturated heterocycles. The summed E-state index contributed by atoms with van der Waals surface area (Å²) in [5.41, 5.74) is 0.738. The van der Waals surface area contributed by atoms with Crippen molar-refractivity contribution in [3.05, 3.63) is 52.0 Å². The predicted octanol–water partition coefficient (Wildman–Crippen LogP) is 3.00. The van der Waals surface area contributed by atoms with Gasteiger partial charge in [-0.05, 0) is 17.7 Å². The van der Waals surface area contributed by atoms with Crippen molar-refractivity contribution in [2.45, 2.75) is 12.5 Å². The molecular formula is C12H12Cl2N2O. The third-order valence-corrected chi connectivity index (χ3v) is 3.36. The maximum Gasteiger partial charge on any atom is 0.111 e. The highest BCUT2D eigenvalue weighted by atomic mass is 35.5. The van der Waals surface area contributed by atoms with Crippen LogP contribution in [-0.4, -0.2) is 14.7 Å². The maximum atomic E-state index is 10.1. The van der Waals surface area contributed by atoms with Crippen LogP contribution < -0.4 is 0 Å². The van der Waals surface area contributed by atoms with Crippen molar-refractivity contribution in [1.82, 2.24) is 9.55 Å². The lowest BCUT2D eigenvalue weighted by Crippen LogP contribution is -2.06. The van der Waals surface area contributed by atoms with Gasteiger partial charge in [0.15, 0.2) is 0 Å². The summed E-state index contributed by atoms with van der Waals surface area (Å²) >= 11 is 11.7. The Hall–Kier alpha value is -1.03. The van der Waals surface area contributed by atoms with Gasteiger partial charge < -0.3 is 9.67 Å². The molecule has 3 nitrogen and oxygen atoms in total. The molecule has 0 radical (unpaired) electrons. The highest BCUT2D eigenvalue weighted by Gasteiger charge is 2.12. The van der Waals surface area contributed by atoms with Crippen molar-refractivity contribution in [1.29, 1.82) is 0 Å². The second kappa shape index (κ2) is 5.08. The fourth-order valence-electron chi connectivity index (χ4n) is 1.60. The van der Waals surface area contributed by atoms with E-state index in [1.54, 1.807) is 24.4 Å². The minimum absolute atomic E-state index is 0.446. The van der Waals surface area contributed by atoms with E-state index in [2.05, 4.69) is 4.98 Å². The topological polar surface area (TPSA) is 38.0 Å². The van der Waals surface area contributed by atoms with E-state index in [0.29, 0.717) is 16.5 Å². The van der Waals surface area contributed by atoms with Crippen LogP contribution in [0.4, 0.5) is 0 Å². The number of aliphatic hydroxyl groups excluding tert-OH is 1. The van der Waals surface area contributed by atoms with Crippen molar-refractivity contribution in [2.24, 2.45) is 7.05 Å². The molecule has 1 unspecified atom stereocenters. The van der Waals surface area contributed by atoms with E-state index in [-0.39, 0.29) is 0 Å². The van der Waals surface area contributed by atoms with Crippen LogP contribution in [0.25, 0.3) is 0 Å². The number of hydrogen-bond donors (Lipinski definition) is 1. The van der Waals surface area contributed by atoms with Crippen LogP contribution in [0, 0.1) is 0 Å². The number of halogens is 2. The molecule has 0 saturated carbocycles. The van der Waals surface area contributed by atoms with Crippen molar-refractivity contribution in [3.8, 4) is 0 Å². The number of aromatic nitrogens is 2. The summed E-state index contributed by atoms with van der Waals surface area (Å²) in [6.07, 6.45) is 3.36. The molecule has 17 heavy (non-hydrogen) atoms. The van der Waals surface area contributed by atoms with E-state index < -0.39 is 6.10 Å². The quantitative estimate of drug-likeness (QED) is 0.931. The van der Waals surface area contributed by atoms with Gasteiger partial charge in [0.2, 0.25) is 0 Å². The molecule has 1 aromatic carbocycles. The molecule has 5 heteroatoms. The molecule has 0 spiro atoms. The van der Waals surface area contributed by atoms with Crippen molar-refractivity contribution in [3.63, 3.8) is 0 Å². The lowest BCUT2D eigenvalue weighted by molar-refractivity contribution is 0.175. The molecule has 1 heterocycles. The second-order valence-corrected chi connectivity index (χ2v) is 4.66. The van der Waals surface area contributed by atoms with Crippen molar-refractivity contribution < 1.29 is 5.11 Å². The first kappa shape index (κ1) is 12.4. The number of imidazole rings is 1. The van der Waals surface area contributed by atoms with E-state index in [1.807, 2.05) is 17.8 Å². The Balaban J connectivity index is 2.17. The summed E-state index contributed by atoms with van der Waals surface area (Å²) in [6, 6.07) is 5.13. The second-order valence-electron chi connectivity index (χ2n) is 3.85. The minimum atomic E-state index is -0.633. The Kier molecular flexibility index (Phi) is 3.72. The smallest absolute Gasteiger partial charge is 0.111 e. The summed E-state index contributed by atoms with van der Waals surface area (Å²) in [7, 11) is 1.89. The monoisotopic (exact) mass is 270 g/mol. The van der Waals surface area contributed by atoms with Crippen molar-refractivity contribution in [2.75, 3.05) is 0 Å². The summed E-state index contributed by atoms with van der Waals surface area (Å²) in [5.74, 6) is 0.823. The third kappa shape index (κ3) is 2.80. The molecule has 90 valence electrons. The van der Waals surface area contributed by atoms with Crippen LogP contribution in [0.1, 0.15) is 17.5 Å². The Morgan fingerprint density at radius 2 is 2.12 bits per heavy atom. The first-order valence-corrected chi connectivity index (χ1v) is 5.92. The number of benzene rings is 1. The summed E-state index contributed by atoms with van der Waals surface area (Å²) in [5, 5.41) is 11.0. The van der Waals surface area contributed by atoms with Gasteiger partial charge in [-0.25, -0.2) is 4.98 Å². The largest absolute Gasteiger partial charge is 0.388 e. The summed E-state index contributed by atoms with van der Waals surface area (Å²) in [6.45, 7) is 0. The molecule has 2 rings (SSSR count). The summed E-state index contributed by atoms with van der Waals surface area (Å²) < 4.78 is 1.88. The van der Waals surface area contributed by atoms with Gasteiger partial charge in [0.1, 0.15) is 5.82 Å². The van der Waals surface area contributed by atoms with Crippen molar-refractivity contribution >= 4 is 23.2 Å². The zero-order valence-electron chi connectivity index (χ0n) is 9.27. The zero-order valence-corrected chi connectivity index (χ0v) is 10.8. The Labute approximate surface area is 110 Å². The molecule has 2 aromatic rings. The van der Waals surface area contributed by atoms with Gasteiger partial charge >= 0.3 is 0 Å². The highest BCUT2D eigenvalue weighted by molar-refractivity contribution is 6.42. The Morgan fingerprint density at radius 3 is 2.71 bits per heavy atom. The minimum Gasteiger partial charge on any atom is -0.388 e. The molecule has 0 aliphatic rings. The Morgan fingerprint density at radius 1 is 1.35 bits per heavy atom.